The molecule has 0 atom stereocenters. The first-order valence-electron chi connectivity index (χ1n) is 22.9. The summed E-state index contributed by atoms with van der Waals surface area (Å²) in [6, 6.07) is 63.8. The Bertz CT molecular complexity index is 3880. The van der Waals surface area contributed by atoms with E-state index in [1.165, 1.54) is 21.9 Å². The second kappa shape index (κ2) is 15.4. The fourth-order valence-corrected chi connectivity index (χ4v) is 13.8. The van der Waals surface area contributed by atoms with Gasteiger partial charge in [0.25, 0.3) is 6.33 Å². The molecule has 2 aliphatic rings. The molecule has 0 unspecified atom stereocenters. The first-order valence-corrected chi connectivity index (χ1v) is 25.9. The monoisotopic (exact) mass is 1080 g/mol. The van der Waals surface area contributed by atoms with Crippen molar-refractivity contribution in [2.75, 3.05) is 0 Å². The molecule has 1 N–H and O–H groups in total. The van der Waals surface area contributed by atoms with Crippen LogP contribution in [-0.2, 0) is 26.5 Å². The Kier molecular flexibility index (Phi) is 9.50. The van der Waals surface area contributed by atoms with Gasteiger partial charge in [-0.2, -0.15) is 6.07 Å². The first kappa shape index (κ1) is 42.1. The van der Waals surface area contributed by atoms with Crippen molar-refractivity contribution in [2.45, 2.75) is 39.3 Å². The third-order valence-corrected chi connectivity index (χ3v) is 17.7. The van der Waals surface area contributed by atoms with Crippen molar-refractivity contribution >= 4 is 51.3 Å². The van der Waals surface area contributed by atoms with E-state index >= 15 is 0 Å². The molecule has 0 radical (unpaired) electrons. The minimum Gasteiger partial charge on any atom is -0.508 e. The number of hydrogen-bond donors (Lipinski definition) is 1. The zero-order valence-corrected chi connectivity index (χ0v) is 41.5. The smallest absolute Gasteiger partial charge is 0.508 e. The summed E-state index contributed by atoms with van der Waals surface area (Å²) >= 11 is 0. The summed E-state index contributed by atoms with van der Waals surface area (Å²) in [5.41, 5.74) is 15.9. The molecule has 8 heteroatoms. The van der Waals surface area contributed by atoms with E-state index in [1.54, 1.807) is 0 Å². The van der Waals surface area contributed by atoms with Crippen LogP contribution in [0.25, 0.3) is 94.5 Å². The van der Waals surface area contributed by atoms with Crippen LogP contribution in [0.3, 0.4) is 0 Å². The Hall–Kier alpha value is -7.31. The molecule has 11 aromatic rings. The van der Waals surface area contributed by atoms with Gasteiger partial charge in [0.05, 0.1) is 16.7 Å². The standard InChI is InChI=1S/C60H45N4O2Si.Pt/c1-60(2,3)38-32-33-61-54(34-38)64-49-25-14-13-22-45(49)46-27-26-39(35-50(46)64)66-51-29-31-53-58(59(51)65)63-36-62-55-40(37-16-7-6-8-17-37)23-15-24-47(55)43-20-11-9-18-41(43)42-19-10-12-21-44(42)48-28-30-52(67(53,4)5)57(63)56(48)62;/h6-34,65H,1-5H3;/q-1;+2. The van der Waals surface area contributed by atoms with E-state index < -0.39 is 8.07 Å². The number of aromatic nitrogens is 4. The van der Waals surface area contributed by atoms with Crippen LogP contribution in [0.1, 0.15) is 26.3 Å². The van der Waals surface area contributed by atoms with Crippen molar-refractivity contribution in [3.63, 3.8) is 0 Å². The van der Waals surface area contributed by atoms with E-state index in [4.69, 9.17) is 9.72 Å². The van der Waals surface area contributed by atoms with Crippen molar-refractivity contribution in [1.29, 1.82) is 0 Å². The molecule has 330 valence electrons. The van der Waals surface area contributed by atoms with Gasteiger partial charge in [0.1, 0.15) is 19.6 Å². The van der Waals surface area contributed by atoms with Crippen LogP contribution in [0.2, 0.25) is 13.1 Å². The molecule has 2 aliphatic heterocycles. The number of hydrogen-bond acceptors (Lipinski definition) is 3. The molecule has 0 spiro atoms. The molecule has 0 amide bonds. The Balaban J connectivity index is 0.00000480. The Morgan fingerprint density at radius 1 is 0.632 bits per heavy atom. The number of phenols is 1. The van der Waals surface area contributed by atoms with Gasteiger partial charge in [-0.05, 0) is 95.5 Å². The number of imidazole rings is 1. The normalized spacial score (nSPS) is 13.1. The van der Waals surface area contributed by atoms with Crippen LogP contribution in [0.5, 0.6) is 17.2 Å². The van der Waals surface area contributed by atoms with Crippen LogP contribution in [0, 0.1) is 12.4 Å². The molecule has 5 heterocycles. The Morgan fingerprint density at radius 2 is 1.28 bits per heavy atom. The van der Waals surface area contributed by atoms with Gasteiger partial charge in [-0.3, -0.25) is 9.13 Å². The second-order valence-electron chi connectivity index (χ2n) is 19.4. The molecule has 8 aromatic carbocycles. The summed E-state index contributed by atoms with van der Waals surface area (Å²) < 4.78 is 13.3. The molecule has 0 aliphatic carbocycles. The summed E-state index contributed by atoms with van der Waals surface area (Å²) in [6.07, 6.45) is 5.81. The summed E-state index contributed by atoms with van der Waals surface area (Å²) in [6.45, 7) is 11.4. The number of nitrogens with zero attached hydrogens (tertiary/aromatic N) is 4. The van der Waals surface area contributed by atoms with Crippen molar-refractivity contribution in [3.05, 3.63) is 194 Å². The maximum Gasteiger partial charge on any atom is 2.00 e. The quantitative estimate of drug-likeness (QED) is 0.109. The van der Waals surface area contributed by atoms with Crippen molar-refractivity contribution in [3.8, 4) is 78.9 Å². The molecular formula is C60H45N4O2PtSi+. The van der Waals surface area contributed by atoms with Crippen LogP contribution in [0.15, 0.2) is 176 Å². The molecule has 0 fully saturated rings. The average Bonchev–Trinajstić information content (AvgIpc) is 3.91. The molecule has 68 heavy (non-hydrogen) atoms. The molecular weight excluding hydrogens is 1030 g/mol. The van der Waals surface area contributed by atoms with Crippen molar-refractivity contribution in [2.24, 2.45) is 0 Å². The largest absolute Gasteiger partial charge is 2.00 e. The van der Waals surface area contributed by atoms with Gasteiger partial charge in [0.15, 0.2) is 11.5 Å². The van der Waals surface area contributed by atoms with Gasteiger partial charge in [0, 0.05) is 17.5 Å². The number of para-hydroxylation sites is 2. The van der Waals surface area contributed by atoms with Gasteiger partial charge >= 0.3 is 21.1 Å². The van der Waals surface area contributed by atoms with E-state index in [0.717, 1.165) is 82.9 Å². The van der Waals surface area contributed by atoms with Gasteiger partial charge in [-0.25, -0.2) is 4.98 Å². The SMILES string of the molecule is CC(C)(C)c1ccnc(-n2c3[c-]c(Oc4ccc5c(c4O)-n4[c-][n+]6c7c(ccc(c74)[Si]5(C)C)-c4ccccc4-c4ccccc4-c4cccc(-c5ccccc5)c4-6)ccc3c3ccccc32)c1.[Pt+2]. The zero-order chi connectivity index (χ0) is 45.3. The maximum atomic E-state index is 12.8. The predicted octanol–water partition coefficient (Wildman–Crippen LogP) is 12.9. The van der Waals surface area contributed by atoms with Crippen LogP contribution < -0.4 is 19.7 Å². The molecule has 6 nitrogen and oxygen atoms in total. The van der Waals surface area contributed by atoms with Crippen LogP contribution in [0.4, 0.5) is 0 Å². The topological polar surface area (TPSA) is 56.1 Å². The van der Waals surface area contributed by atoms with Crippen LogP contribution in [-0.4, -0.2) is 27.3 Å². The summed E-state index contributed by atoms with van der Waals surface area (Å²) in [4.78, 5) is 4.88. The fraction of sp³-hybridized carbons (Fsp3) is 0.100. The number of phenolic OH excluding ortho intramolecular Hbond substituents is 1. The molecule has 13 rings (SSSR count). The van der Waals surface area contributed by atoms with Crippen molar-refractivity contribution < 1.29 is 35.5 Å². The number of aromatic hydroxyl groups is 1. The molecule has 0 saturated carbocycles. The summed E-state index contributed by atoms with van der Waals surface area (Å²) in [5, 5.41) is 17.4. The van der Waals surface area contributed by atoms with Crippen LogP contribution >= 0.6 is 0 Å². The minimum atomic E-state index is -2.48. The van der Waals surface area contributed by atoms with E-state index in [-0.39, 0.29) is 32.2 Å². The molecule has 0 saturated heterocycles. The Morgan fingerprint density at radius 3 is 2.03 bits per heavy atom. The van der Waals surface area contributed by atoms with Gasteiger partial charge in [-0.1, -0.05) is 173 Å². The van der Waals surface area contributed by atoms with E-state index in [0.29, 0.717) is 17.2 Å². The van der Waals surface area contributed by atoms with Gasteiger partial charge < -0.3 is 14.4 Å². The number of rotatable bonds is 4. The molecule has 3 aromatic heterocycles. The third kappa shape index (κ3) is 6.12. The summed E-state index contributed by atoms with van der Waals surface area (Å²) in [5.74, 6) is 1.72. The summed E-state index contributed by atoms with van der Waals surface area (Å²) in [7, 11) is -2.48. The average molecular weight is 1080 g/mol. The van der Waals surface area contributed by atoms with E-state index in [2.05, 4.69) is 218 Å². The number of pyridine rings is 1. The number of ether oxygens (including phenoxy) is 1. The minimum absolute atomic E-state index is 0. The van der Waals surface area contributed by atoms with Gasteiger partial charge in [-0.15, -0.1) is 17.5 Å². The second-order valence-corrected chi connectivity index (χ2v) is 23.7. The number of benzene rings is 8. The van der Waals surface area contributed by atoms with E-state index in [9.17, 15) is 5.11 Å². The predicted molar refractivity (Wildman–Crippen MR) is 274 cm³/mol. The zero-order valence-electron chi connectivity index (χ0n) is 38.2. The Labute approximate surface area is 410 Å². The maximum absolute atomic E-state index is 12.8. The van der Waals surface area contributed by atoms with E-state index in [1.807, 2.05) is 18.3 Å². The molecule has 0 bridgehead atoms. The van der Waals surface area contributed by atoms with Gasteiger partial charge in [0.2, 0.25) is 0 Å². The fourth-order valence-electron chi connectivity index (χ4n) is 10.9. The first-order chi connectivity index (χ1) is 32.6. The van der Waals surface area contributed by atoms with Crippen molar-refractivity contribution in [1.82, 2.24) is 14.1 Å². The number of fused-ring (bicyclic) bond motifs is 12. The third-order valence-electron chi connectivity index (χ3n) is 14.2.